The molecule has 0 fully saturated rings. The standard InChI is InChI=1S/C19H15N3O5/c1-11-2-4-14-13(6-11)22(18(23)9-24-14)8-17-20-19(21-27-17)12-3-5-15-16(7-12)26-10-25-15/h2-7H,8-10H2,1H3. The second-order valence-corrected chi connectivity index (χ2v) is 6.32. The van der Waals surface area contributed by atoms with Crippen molar-refractivity contribution in [3.8, 4) is 28.6 Å². The topological polar surface area (TPSA) is 86.9 Å². The first kappa shape index (κ1) is 15.7. The van der Waals surface area contributed by atoms with Crippen LogP contribution in [0, 0.1) is 6.92 Å². The van der Waals surface area contributed by atoms with E-state index in [1.54, 1.807) is 17.0 Å². The predicted octanol–water partition coefficient (Wildman–Crippen LogP) is 2.70. The molecule has 3 aromatic rings. The van der Waals surface area contributed by atoms with Gasteiger partial charge in [-0.25, -0.2) is 0 Å². The maximum atomic E-state index is 12.4. The molecule has 0 saturated carbocycles. The molecule has 1 amide bonds. The Hall–Kier alpha value is -3.55. The van der Waals surface area contributed by atoms with Crippen LogP contribution in [0.1, 0.15) is 11.5 Å². The van der Waals surface area contributed by atoms with Gasteiger partial charge in [-0.1, -0.05) is 11.2 Å². The van der Waals surface area contributed by atoms with Crippen LogP contribution in [0.4, 0.5) is 5.69 Å². The Morgan fingerprint density at radius 1 is 1.04 bits per heavy atom. The van der Waals surface area contributed by atoms with Crippen LogP contribution in [0.2, 0.25) is 0 Å². The quantitative estimate of drug-likeness (QED) is 0.705. The van der Waals surface area contributed by atoms with Gasteiger partial charge in [-0.2, -0.15) is 4.98 Å². The van der Waals surface area contributed by atoms with E-state index < -0.39 is 0 Å². The number of hydrogen-bond donors (Lipinski definition) is 0. The lowest BCUT2D eigenvalue weighted by molar-refractivity contribution is -0.121. The summed E-state index contributed by atoms with van der Waals surface area (Å²) in [6, 6.07) is 11.1. The zero-order valence-corrected chi connectivity index (χ0v) is 14.5. The van der Waals surface area contributed by atoms with Crippen molar-refractivity contribution >= 4 is 11.6 Å². The molecule has 3 heterocycles. The first-order chi connectivity index (χ1) is 13.2. The molecule has 0 atom stereocenters. The molecule has 1 aromatic heterocycles. The predicted molar refractivity (Wildman–Crippen MR) is 93.7 cm³/mol. The number of aromatic nitrogens is 2. The minimum Gasteiger partial charge on any atom is -0.482 e. The van der Waals surface area contributed by atoms with E-state index in [1.807, 2.05) is 31.2 Å². The lowest BCUT2D eigenvalue weighted by atomic mass is 10.1. The second-order valence-electron chi connectivity index (χ2n) is 6.32. The van der Waals surface area contributed by atoms with Crippen LogP contribution in [0.25, 0.3) is 11.4 Å². The SMILES string of the molecule is Cc1ccc2c(c1)N(Cc1nc(-c3ccc4c(c3)OCO4)no1)C(=O)CO2. The van der Waals surface area contributed by atoms with Crippen molar-refractivity contribution in [2.75, 3.05) is 18.3 Å². The van der Waals surface area contributed by atoms with Crippen molar-refractivity contribution in [1.82, 2.24) is 10.1 Å². The van der Waals surface area contributed by atoms with Crippen molar-refractivity contribution in [2.24, 2.45) is 0 Å². The van der Waals surface area contributed by atoms with Crippen molar-refractivity contribution in [3.05, 3.63) is 47.9 Å². The maximum absolute atomic E-state index is 12.4. The minimum atomic E-state index is -0.157. The van der Waals surface area contributed by atoms with E-state index in [9.17, 15) is 4.79 Å². The lowest BCUT2D eigenvalue weighted by Crippen LogP contribution is -2.38. The lowest BCUT2D eigenvalue weighted by Gasteiger charge is -2.28. The Kier molecular flexibility index (Phi) is 3.49. The molecule has 27 heavy (non-hydrogen) atoms. The first-order valence-corrected chi connectivity index (χ1v) is 8.44. The number of carbonyl (C=O) groups is 1. The number of nitrogens with zero attached hydrogens (tertiary/aromatic N) is 3. The van der Waals surface area contributed by atoms with Gasteiger partial charge in [-0.05, 0) is 42.8 Å². The zero-order valence-electron chi connectivity index (χ0n) is 14.5. The molecule has 0 aliphatic carbocycles. The molecule has 136 valence electrons. The van der Waals surface area contributed by atoms with Gasteiger partial charge >= 0.3 is 0 Å². The maximum Gasteiger partial charge on any atom is 0.265 e. The van der Waals surface area contributed by atoms with Gasteiger partial charge in [0.1, 0.15) is 12.3 Å². The van der Waals surface area contributed by atoms with Gasteiger partial charge in [0.2, 0.25) is 18.5 Å². The molecule has 0 saturated heterocycles. The number of rotatable bonds is 3. The molecule has 0 bridgehead atoms. The van der Waals surface area contributed by atoms with Gasteiger partial charge in [0.15, 0.2) is 18.1 Å². The minimum absolute atomic E-state index is 0.0147. The van der Waals surface area contributed by atoms with E-state index in [2.05, 4.69) is 10.1 Å². The van der Waals surface area contributed by atoms with Crippen LogP contribution in [-0.4, -0.2) is 29.4 Å². The summed E-state index contributed by atoms with van der Waals surface area (Å²) >= 11 is 0. The van der Waals surface area contributed by atoms with Crippen LogP contribution in [0.5, 0.6) is 17.2 Å². The summed E-state index contributed by atoms with van der Waals surface area (Å²) in [4.78, 5) is 18.4. The number of aryl methyl sites for hydroxylation is 1. The highest BCUT2D eigenvalue weighted by Gasteiger charge is 2.27. The number of fused-ring (bicyclic) bond motifs is 2. The third-order valence-corrected chi connectivity index (χ3v) is 4.45. The Morgan fingerprint density at radius 2 is 1.89 bits per heavy atom. The van der Waals surface area contributed by atoms with Crippen molar-refractivity contribution < 1.29 is 23.5 Å². The highest BCUT2D eigenvalue weighted by atomic mass is 16.7. The van der Waals surface area contributed by atoms with Crippen LogP contribution < -0.4 is 19.1 Å². The molecule has 2 aliphatic rings. The largest absolute Gasteiger partial charge is 0.482 e. The summed E-state index contributed by atoms with van der Waals surface area (Å²) in [5, 5.41) is 4.02. The molecule has 2 aliphatic heterocycles. The molecule has 8 nitrogen and oxygen atoms in total. The fourth-order valence-electron chi connectivity index (χ4n) is 3.09. The Bertz CT molecular complexity index is 1050. The Balaban J connectivity index is 1.43. The normalized spacial score (nSPS) is 14.9. The molecule has 8 heteroatoms. The van der Waals surface area contributed by atoms with Gasteiger partial charge in [0.25, 0.3) is 5.91 Å². The summed E-state index contributed by atoms with van der Waals surface area (Å²) in [5.74, 6) is 2.60. The summed E-state index contributed by atoms with van der Waals surface area (Å²) in [5.41, 5.74) is 2.48. The average molecular weight is 365 g/mol. The summed E-state index contributed by atoms with van der Waals surface area (Å²) in [6.07, 6.45) is 0. The molecule has 0 N–H and O–H groups in total. The first-order valence-electron chi connectivity index (χ1n) is 8.44. The van der Waals surface area contributed by atoms with E-state index >= 15 is 0 Å². The second kappa shape index (κ2) is 6.01. The van der Waals surface area contributed by atoms with Gasteiger partial charge in [0.05, 0.1) is 5.69 Å². The van der Waals surface area contributed by atoms with Gasteiger partial charge < -0.3 is 18.7 Å². The van der Waals surface area contributed by atoms with Crippen molar-refractivity contribution in [2.45, 2.75) is 13.5 Å². The highest BCUT2D eigenvalue weighted by Crippen LogP contribution is 2.36. The molecule has 2 aromatic carbocycles. The Labute approximate surface area is 154 Å². The Morgan fingerprint density at radius 3 is 2.81 bits per heavy atom. The number of ether oxygens (including phenoxy) is 3. The van der Waals surface area contributed by atoms with Crippen molar-refractivity contribution in [1.29, 1.82) is 0 Å². The monoisotopic (exact) mass is 365 g/mol. The average Bonchev–Trinajstić information content (AvgIpc) is 3.32. The highest BCUT2D eigenvalue weighted by molar-refractivity contribution is 5.97. The number of hydrogen-bond acceptors (Lipinski definition) is 7. The zero-order chi connectivity index (χ0) is 18.4. The number of anilines is 1. The molecular weight excluding hydrogens is 350 g/mol. The van der Waals surface area contributed by atoms with Crippen LogP contribution >= 0.6 is 0 Å². The number of amides is 1. The van der Waals surface area contributed by atoms with Gasteiger partial charge in [0, 0.05) is 5.56 Å². The third kappa shape index (κ3) is 2.75. The molecule has 0 spiro atoms. The van der Waals surface area contributed by atoms with Gasteiger partial charge in [-0.15, -0.1) is 0 Å². The fraction of sp³-hybridized carbons (Fsp3) is 0.211. The molecule has 0 unspecified atom stereocenters. The van der Waals surface area contributed by atoms with Crippen molar-refractivity contribution in [3.63, 3.8) is 0 Å². The van der Waals surface area contributed by atoms with E-state index in [-0.39, 0.29) is 25.9 Å². The summed E-state index contributed by atoms with van der Waals surface area (Å²) < 4.78 is 21.5. The van der Waals surface area contributed by atoms with E-state index in [0.29, 0.717) is 34.7 Å². The molecule has 0 radical (unpaired) electrons. The third-order valence-electron chi connectivity index (χ3n) is 4.45. The number of benzene rings is 2. The van der Waals surface area contributed by atoms with E-state index in [4.69, 9.17) is 18.7 Å². The number of carbonyl (C=O) groups excluding carboxylic acids is 1. The molecule has 5 rings (SSSR count). The smallest absolute Gasteiger partial charge is 0.265 e. The van der Waals surface area contributed by atoms with Gasteiger partial charge in [-0.3, -0.25) is 9.69 Å². The van der Waals surface area contributed by atoms with Crippen LogP contribution in [-0.2, 0) is 11.3 Å². The molecular formula is C19H15N3O5. The van der Waals surface area contributed by atoms with E-state index in [1.165, 1.54) is 0 Å². The summed E-state index contributed by atoms with van der Waals surface area (Å²) in [7, 11) is 0. The van der Waals surface area contributed by atoms with Crippen LogP contribution in [0.3, 0.4) is 0 Å². The fourth-order valence-corrected chi connectivity index (χ4v) is 3.09. The summed E-state index contributed by atoms with van der Waals surface area (Å²) in [6.45, 7) is 2.33. The van der Waals surface area contributed by atoms with E-state index in [0.717, 1.165) is 11.1 Å². The van der Waals surface area contributed by atoms with Crippen LogP contribution in [0.15, 0.2) is 40.9 Å².